The van der Waals surface area contributed by atoms with Gasteiger partial charge in [-0.15, -0.1) is 12.4 Å². The maximum Gasteiger partial charge on any atom is 0.0929 e. The minimum absolute atomic E-state index is 0. The van der Waals surface area contributed by atoms with E-state index in [1.165, 1.54) is 0 Å². The first-order valence-corrected chi connectivity index (χ1v) is 3.36. The number of hydrogen-bond acceptors (Lipinski definition) is 3. The highest BCUT2D eigenvalue weighted by molar-refractivity contribution is 5.85. The molecule has 0 aromatic carbocycles. The SMILES string of the molecule is Cl.OCC1CNCCCO1. The average Bonchev–Trinajstić information content (AvgIpc) is 2.13. The molecule has 0 aromatic heterocycles. The third kappa shape index (κ3) is 3.37. The molecule has 0 amide bonds. The first-order valence-electron chi connectivity index (χ1n) is 3.36. The molecule has 1 rings (SSSR count). The van der Waals surface area contributed by atoms with Crippen LogP contribution in [-0.4, -0.2) is 37.5 Å². The zero-order valence-corrected chi connectivity index (χ0v) is 6.69. The van der Waals surface area contributed by atoms with Crippen LogP contribution < -0.4 is 5.32 Å². The van der Waals surface area contributed by atoms with Gasteiger partial charge in [-0.25, -0.2) is 0 Å². The molecule has 1 fully saturated rings. The normalized spacial score (nSPS) is 26.7. The van der Waals surface area contributed by atoms with Gasteiger partial charge in [-0.2, -0.15) is 0 Å². The third-order valence-electron chi connectivity index (χ3n) is 1.43. The van der Waals surface area contributed by atoms with Gasteiger partial charge in [0.2, 0.25) is 0 Å². The molecule has 1 aliphatic heterocycles. The zero-order valence-electron chi connectivity index (χ0n) is 5.88. The summed E-state index contributed by atoms with van der Waals surface area (Å²) in [4.78, 5) is 0. The van der Waals surface area contributed by atoms with Crippen LogP contribution >= 0.6 is 12.4 Å². The minimum atomic E-state index is 0. The Morgan fingerprint density at radius 2 is 2.40 bits per heavy atom. The second-order valence-electron chi connectivity index (χ2n) is 2.23. The van der Waals surface area contributed by atoms with Crippen molar-refractivity contribution in [1.29, 1.82) is 0 Å². The molecule has 0 spiro atoms. The molecule has 1 heterocycles. The predicted octanol–water partition coefficient (Wildman–Crippen LogP) is -0.221. The van der Waals surface area contributed by atoms with Gasteiger partial charge in [0.05, 0.1) is 12.7 Å². The summed E-state index contributed by atoms with van der Waals surface area (Å²) in [5, 5.41) is 11.8. The molecule has 1 saturated heterocycles. The number of aliphatic hydroxyl groups excluding tert-OH is 1. The van der Waals surface area contributed by atoms with Crippen molar-refractivity contribution < 1.29 is 9.84 Å². The van der Waals surface area contributed by atoms with Crippen LogP contribution in [0.2, 0.25) is 0 Å². The van der Waals surface area contributed by atoms with Crippen molar-refractivity contribution >= 4 is 12.4 Å². The van der Waals surface area contributed by atoms with E-state index in [1.54, 1.807) is 0 Å². The Kier molecular flexibility index (Phi) is 6.02. The van der Waals surface area contributed by atoms with Gasteiger partial charge in [-0.1, -0.05) is 0 Å². The number of halogens is 1. The van der Waals surface area contributed by atoms with Crippen LogP contribution in [-0.2, 0) is 4.74 Å². The molecule has 0 aromatic rings. The number of aliphatic hydroxyl groups is 1. The van der Waals surface area contributed by atoms with Crippen LogP contribution in [0, 0.1) is 0 Å². The molecule has 1 atom stereocenters. The summed E-state index contributed by atoms with van der Waals surface area (Å²) in [6.45, 7) is 2.71. The van der Waals surface area contributed by atoms with E-state index >= 15 is 0 Å². The summed E-state index contributed by atoms with van der Waals surface area (Å²) >= 11 is 0. The number of rotatable bonds is 1. The van der Waals surface area contributed by atoms with Crippen molar-refractivity contribution in [2.75, 3.05) is 26.3 Å². The largest absolute Gasteiger partial charge is 0.394 e. The van der Waals surface area contributed by atoms with Gasteiger partial charge in [0, 0.05) is 13.2 Å². The van der Waals surface area contributed by atoms with Crippen LogP contribution in [0.3, 0.4) is 0 Å². The van der Waals surface area contributed by atoms with Crippen molar-refractivity contribution in [1.82, 2.24) is 5.32 Å². The van der Waals surface area contributed by atoms with Crippen molar-refractivity contribution in [3.8, 4) is 0 Å². The van der Waals surface area contributed by atoms with Crippen molar-refractivity contribution in [3.63, 3.8) is 0 Å². The van der Waals surface area contributed by atoms with Crippen molar-refractivity contribution in [3.05, 3.63) is 0 Å². The van der Waals surface area contributed by atoms with Crippen molar-refractivity contribution in [2.45, 2.75) is 12.5 Å². The summed E-state index contributed by atoms with van der Waals surface area (Å²) in [6, 6.07) is 0. The monoisotopic (exact) mass is 167 g/mol. The molecule has 0 bridgehead atoms. The molecule has 0 saturated carbocycles. The van der Waals surface area contributed by atoms with Crippen molar-refractivity contribution in [2.24, 2.45) is 0 Å². The fraction of sp³-hybridized carbons (Fsp3) is 1.00. The Balaban J connectivity index is 0.000000810. The molecule has 1 aliphatic rings. The second-order valence-corrected chi connectivity index (χ2v) is 2.23. The standard InChI is InChI=1S/C6H13NO2.ClH/c8-5-6-4-7-2-1-3-9-6;/h6-8H,1-5H2;1H. The quantitative estimate of drug-likeness (QED) is 0.568. The van der Waals surface area contributed by atoms with Crippen LogP contribution in [0.1, 0.15) is 6.42 Å². The van der Waals surface area contributed by atoms with Crippen LogP contribution in [0.5, 0.6) is 0 Å². The second kappa shape index (κ2) is 5.92. The maximum atomic E-state index is 8.65. The molecule has 2 N–H and O–H groups in total. The lowest BCUT2D eigenvalue weighted by molar-refractivity contribution is 0.0249. The molecule has 3 nitrogen and oxygen atoms in total. The fourth-order valence-corrected chi connectivity index (χ4v) is 0.886. The van der Waals surface area contributed by atoms with Gasteiger partial charge >= 0.3 is 0 Å². The predicted molar refractivity (Wildman–Crippen MR) is 41.6 cm³/mol. The van der Waals surface area contributed by atoms with E-state index in [4.69, 9.17) is 9.84 Å². The molecule has 4 heteroatoms. The van der Waals surface area contributed by atoms with Gasteiger partial charge in [-0.3, -0.25) is 0 Å². The lowest BCUT2D eigenvalue weighted by Crippen LogP contribution is -2.28. The minimum Gasteiger partial charge on any atom is -0.394 e. The molecular formula is C6H14ClNO2. The molecule has 10 heavy (non-hydrogen) atoms. The molecule has 0 aliphatic carbocycles. The van der Waals surface area contributed by atoms with Gasteiger partial charge in [0.1, 0.15) is 0 Å². The summed E-state index contributed by atoms with van der Waals surface area (Å²) in [7, 11) is 0. The topological polar surface area (TPSA) is 41.5 Å². The Bertz CT molecular complexity index is 74.1. The average molecular weight is 168 g/mol. The lowest BCUT2D eigenvalue weighted by atomic mass is 10.4. The smallest absolute Gasteiger partial charge is 0.0929 e. The third-order valence-corrected chi connectivity index (χ3v) is 1.43. The number of ether oxygens (including phenoxy) is 1. The molecular weight excluding hydrogens is 154 g/mol. The zero-order chi connectivity index (χ0) is 6.53. The molecule has 0 radical (unpaired) electrons. The van der Waals surface area contributed by atoms with Crippen LogP contribution in [0.4, 0.5) is 0 Å². The highest BCUT2D eigenvalue weighted by atomic mass is 35.5. The maximum absolute atomic E-state index is 8.65. The van der Waals surface area contributed by atoms with E-state index in [0.717, 1.165) is 26.1 Å². The summed E-state index contributed by atoms with van der Waals surface area (Å²) in [5.74, 6) is 0. The fourth-order valence-electron chi connectivity index (χ4n) is 0.886. The first kappa shape index (κ1) is 10.2. The van der Waals surface area contributed by atoms with Crippen LogP contribution in [0.25, 0.3) is 0 Å². The Hall–Kier alpha value is 0.170. The Morgan fingerprint density at radius 1 is 1.60 bits per heavy atom. The highest BCUT2D eigenvalue weighted by Gasteiger charge is 2.09. The van der Waals surface area contributed by atoms with Gasteiger partial charge in [-0.05, 0) is 13.0 Å². The summed E-state index contributed by atoms with van der Waals surface area (Å²) in [5.41, 5.74) is 0. The molecule has 1 unspecified atom stereocenters. The van der Waals surface area contributed by atoms with E-state index in [2.05, 4.69) is 5.32 Å². The lowest BCUT2D eigenvalue weighted by Gasteiger charge is -2.09. The van der Waals surface area contributed by atoms with E-state index < -0.39 is 0 Å². The number of nitrogens with one attached hydrogen (secondary N) is 1. The van der Waals surface area contributed by atoms with E-state index in [9.17, 15) is 0 Å². The molecule has 62 valence electrons. The Morgan fingerprint density at radius 3 is 3.10 bits per heavy atom. The number of hydrogen-bond donors (Lipinski definition) is 2. The van der Waals surface area contributed by atoms with E-state index in [1.807, 2.05) is 0 Å². The van der Waals surface area contributed by atoms with E-state index in [-0.39, 0.29) is 25.1 Å². The van der Waals surface area contributed by atoms with Gasteiger partial charge in [0.15, 0.2) is 0 Å². The Labute approximate surface area is 67.2 Å². The summed E-state index contributed by atoms with van der Waals surface area (Å²) < 4.78 is 5.24. The van der Waals surface area contributed by atoms with Crippen LogP contribution in [0.15, 0.2) is 0 Å². The van der Waals surface area contributed by atoms with E-state index in [0.29, 0.717) is 0 Å². The van der Waals surface area contributed by atoms with Gasteiger partial charge < -0.3 is 15.2 Å². The van der Waals surface area contributed by atoms with Gasteiger partial charge in [0.25, 0.3) is 0 Å². The highest BCUT2D eigenvalue weighted by Crippen LogP contribution is 1.94. The first-order chi connectivity index (χ1) is 4.43. The summed E-state index contributed by atoms with van der Waals surface area (Å²) in [6.07, 6.45) is 1.07.